The molecule has 0 aromatic heterocycles. The van der Waals surface area contributed by atoms with E-state index >= 15 is 0 Å². The molecule has 0 saturated carbocycles. The van der Waals surface area contributed by atoms with E-state index in [-0.39, 0.29) is 18.3 Å². The summed E-state index contributed by atoms with van der Waals surface area (Å²) in [7, 11) is 1.38. The highest BCUT2D eigenvalue weighted by Gasteiger charge is 2.28. The summed E-state index contributed by atoms with van der Waals surface area (Å²) < 4.78 is 10.3. The molecule has 1 N–H and O–H groups in total. The molecule has 0 atom stereocenters. The van der Waals surface area contributed by atoms with Crippen molar-refractivity contribution in [2.45, 2.75) is 18.8 Å². The van der Waals surface area contributed by atoms with Gasteiger partial charge in [0.15, 0.2) is 0 Å². The van der Waals surface area contributed by atoms with Crippen LogP contribution in [-0.2, 0) is 20.7 Å². The smallest absolute Gasteiger partial charge is 0.407 e. The Hall–Kier alpha value is -3.86. The second-order valence-electron chi connectivity index (χ2n) is 7.90. The molecule has 33 heavy (non-hydrogen) atoms. The van der Waals surface area contributed by atoms with Gasteiger partial charge in [-0.15, -0.1) is 0 Å². The Kier molecular flexibility index (Phi) is 7.20. The summed E-state index contributed by atoms with van der Waals surface area (Å²) in [6, 6.07) is 24.2. The van der Waals surface area contributed by atoms with E-state index in [2.05, 4.69) is 29.6 Å². The van der Waals surface area contributed by atoms with Crippen molar-refractivity contribution >= 4 is 18.1 Å². The summed E-state index contributed by atoms with van der Waals surface area (Å²) in [5.41, 5.74) is 6.67. The van der Waals surface area contributed by atoms with E-state index in [1.165, 1.54) is 29.4 Å². The van der Waals surface area contributed by atoms with E-state index in [9.17, 15) is 9.59 Å². The number of ether oxygens (including phenoxy) is 2. The maximum Gasteiger partial charge on any atom is 0.407 e. The van der Waals surface area contributed by atoms with Crippen LogP contribution in [0, 0.1) is 0 Å². The van der Waals surface area contributed by atoms with Crippen molar-refractivity contribution in [2.75, 3.05) is 20.3 Å². The monoisotopic (exact) mass is 441 g/mol. The highest BCUT2D eigenvalue weighted by atomic mass is 16.5. The molecule has 5 nitrogen and oxygen atoms in total. The number of amides is 1. The molecule has 3 aromatic rings. The Morgan fingerprint density at radius 2 is 1.55 bits per heavy atom. The fourth-order valence-electron chi connectivity index (χ4n) is 4.20. The van der Waals surface area contributed by atoms with Crippen LogP contribution in [-0.4, -0.2) is 32.3 Å². The van der Waals surface area contributed by atoms with Gasteiger partial charge in [0.1, 0.15) is 6.61 Å². The van der Waals surface area contributed by atoms with Crippen molar-refractivity contribution in [3.63, 3.8) is 0 Å². The number of alkyl carbamates (subject to hydrolysis) is 1. The molecule has 0 saturated heterocycles. The lowest BCUT2D eigenvalue weighted by Gasteiger charge is -2.14. The number of hydrogen-bond acceptors (Lipinski definition) is 4. The van der Waals surface area contributed by atoms with Crippen LogP contribution < -0.4 is 5.32 Å². The second-order valence-corrected chi connectivity index (χ2v) is 7.90. The molecule has 0 unspecified atom stereocenters. The Labute approximate surface area is 194 Å². The molecule has 0 spiro atoms. The SMILES string of the molecule is COC(=O)Cc1ccccc1C=CCCNC(=O)OCC1c2ccccc2-c2ccccc21. The lowest BCUT2D eigenvalue weighted by molar-refractivity contribution is -0.139. The number of methoxy groups -OCH3 is 1. The molecule has 0 aliphatic heterocycles. The van der Waals surface area contributed by atoms with Crippen molar-refractivity contribution in [1.29, 1.82) is 0 Å². The van der Waals surface area contributed by atoms with Crippen molar-refractivity contribution in [3.05, 3.63) is 101 Å². The highest BCUT2D eigenvalue weighted by molar-refractivity contribution is 5.79. The maximum atomic E-state index is 12.3. The van der Waals surface area contributed by atoms with Gasteiger partial charge in [-0.3, -0.25) is 4.79 Å². The normalized spacial score (nSPS) is 12.3. The number of rotatable bonds is 8. The fourth-order valence-corrected chi connectivity index (χ4v) is 4.20. The first-order valence-corrected chi connectivity index (χ1v) is 11.1. The van der Waals surface area contributed by atoms with Gasteiger partial charge in [-0.2, -0.15) is 0 Å². The Bertz CT molecular complexity index is 1120. The highest BCUT2D eigenvalue weighted by Crippen LogP contribution is 2.44. The summed E-state index contributed by atoms with van der Waals surface area (Å²) in [6.07, 6.45) is 4.39. The Balaban J connectivity index is 1.26. The van der Waals surface area contributed by atoms with E-state index in [0.29, 0.717) is 19.6 Å². The van der Waals surface area contributed by atoms with Gasteiger partial charge >= 0.3 is 12.1 Å². The number of nitrogens with one attached hydrogen (secondary N) is 1. The second kappa shape index (κ2) is 10.6. The van der Waals surface area contributed by atoms with Crippen LogP contribution in [0.25, 0.3) is 17.2 Å². The minimum absolute atomic E-state index is 0.0503. The van der Waals surface area contributed by atoms with Gasteiger partial charge in [0.2, 0.25) is 0 Å². The predicted molar refractivity (Wildman–Crippen MR) is 129 cm³/mol. The van der Waals surface area contributed by atoms with Gasteiger partial charge in [0, 0.05) is 12.5 Å². The average Bonchev–Trinajstić information content (AvgIpc) is 3.17. The van der Waals surface area contributed by atoms with E-state index in [1.807, 2.05) is 60.7 Å². The molecule has 0 fully saturated rings. The summed E-state index contributed by atoms with van der Waals surface area (Å²) in [5, 5.41) is 2.81. The lowest BCUT2D eigenvalue weighted by Crippen LogP contribution is -2.26. The number of benzene rings is 3. The molecule has 168 valence electrons. The molecule has 0 heterocycles. The van der Waals surface area contributed by atoms with E-state index in [0.717, 1.165) is 11.1 Å². The zero-order valence-electron chi connectivity index (χ0n) is 18.6. The molecular weight excluding hydrogens is 414 g/mol. The number of carbonyl (C=O) groups is 2. The van der Waals surface area contributed by atoms with Crippen LogP contribution in [0.1, 0.15) is 34.6 Å². The Morgan fingerprint density at radius 1 is 0.909 bits per heavy atom. The third-order valence-corrected chi connectivity index (χ3v) is 5.84. The number of fused-ring (bicyclic) bond motifs is 3. The van der Waals surface area contributed by atoms with Gasteiger partial charge in [0.05, 0.1) is 13.5 Å². The number of hydrogen-bond donors (Lipinski definition) is 1. The molecular formula is C28H27NO4. The molecule has 3 aromatic carbocycles. The maximum absolute atomic E-state index is 12.3. The minimum atomic E-state index is -0.420. The summed E-state index contributed by atoms with van der Waals surface area (Å²) in [6.45, 7) is 0.767. The Morgan fingerprint density at radius 3 is 2.24 bits per heavy atom. The van der Waals surface area contributed by atoms with Crippen molar-refractivity contribution in [2.24, 2.45) is 0 Å². The summed E-state index contributed by atoms with van der Waals surface area (Å²) >= 11 is 0. The van der Waals surface area contributed by atoms with Crippen molar-refractivity contribution in [1.82, 2.24) is 5.32 Å². The van der Waals surface area contributed by atoms with Gasteiger partial charge < -0.3 is 14.8 Å². The standard InChI is InChI=1S/C28H27NO4/c1-32-27(30)18-21-12-3-2-10-20(21)11-8-9-17-29-28(31)33-19-26-24-15-6-4-13-22(24)23-14-5-7-16-25(23)26/h2-8,10-16,26H,9,17-19H2,1H3,(H,29,31). The zero-order chi connectivity index (χ0) is 23.0. The average molecular weight is 442 g/mol. The summed E-state index contributed by atoms with van der Waals surface area (Å²) in [5.74, 6) is -0.220. The molecule has 1 aliphatic rings. The van der Waals surface area contributed by atoms with Gasteiger partial charge in [-0.05, 0) is 39.8 Å². The predicted octanol–water partition coefficient (Wildman–Crippen LogP) is 5.34. The van der Waals surface area contributed by atoms with Crippen LogP contribution in [0.5, 0.6) is 0 Å². The molecule has 4 rings (SSSR count). The zero-order valence-corrected chi connectivity index (χ0v) is 18.6. The fraction of sp³-hybridized carbons (Fsp3) is 0.214. The number of carbonyl (C=O) groups excluding carboxylic acids is 2. The van der Waals surface area contributed by atoms with Crippen LogP contribution in [0.4, 0.5) is 4.79 Å². The first-order valence-electron chi connectivity index (χ1n) is 11.1. The topological polar surface area (TPSA) is 64.6 Å². The van der Waals surface area contributed by atoms with Gasteiger partial charge in [-0.25, -0.2) is 4.79 Å². The summed E-state index contributed by atoms with van der Waals surface area (Å²) in [4.78, 5) is 23.8. The van der Waals surface area contributed by atoms with E-state index in [4.69, 9.17) is 9.47 Å². The van der Waals surface area contributed by atoms with Crippen LogP contribution in [0.2, 0.25) is 0 Å². The first kappa shape index (κ1) is 22.3. The molecule has 0 bridgehead atoms. The van der Waals surface area contributed by atoms with Crippen LogP contribution in [0.3, 0.4) is 0 Å². The lowest BCUT2D eigenvalue weighted by atomic mass is 9.98. The third-order valence-electron chi connectivity index (χ3n) is 5.84. The quantitative estimate of drug-likeness (QED) is 0.378. The molecule has 1 amide bonds. The first-order chi connectivity index (χ1) is 16.2. The van der Waals surface area contributed by atoms with Crippen molar-refractivity contribution < 1.29 is 19.1 Å². The minimum Gasteiger partial charge on any atom is -0.469 e. The molecule has 0 radical (unpaired) electrons. The van der Waals surface area contributed by atoms with Gasteiger partial charge in [0.25, 0.3) is 0 Å². The van der Waals surface area contributed by atoms with Crippen LogP contribution in [0.15, 0.2) is 78.9 Å². The van der Waals surface area contributed by atoms with E-state index < -0.39 is 6.09 Å². The van der Waals surface area contributed by atoms with Crippen LogP contribution >= 0.6 is 0 Å². The molecule has 5 heteroatoms. The third kappa shape index (κ3) is 5.32. The largest absolute Gasteiger partial charge is 0.469 e. The van der Waals surface area contributed by atoms with Gasteiger partial charge in [-0.1, -0.05) is 84.9 Å². The molecule has 1 aliphatic carbocycles. The van der Waals surface area contributed by atoms with Crippen molar-refractivity contribution in [3.8, 4) is 11.1 Å². The number of esters is 1. The van der Waals surface area contributed by atoms with E-state index in [1.54, 1.807) is 0 Å².